The van der Waals surface area contributed by atoms with Crippen LogP contribution in [0.3, 0.4) is 0 Å². The summed E-state index contributed by atoms with van der Waals surface area (Å²) in [7, 11) is 2.21. The predicted octanol–water partition coefficient (Wildman–Crippen LogP) is 7.80. The Kier molecular flexibility index (Phi) is 8.90. The number of hydrogen-bond acceptors (Lipinski definition) is 3. The average molecular weight is 459 g/mol. The van der Waals surface area contributed by atoms with Crippen molar-refractivity contribution in [2.24, 2.45) is 5.92 Å². The van der Waals surface area contributed by atoms with E-state index < -0.39 is 0 Å². The summed E-state index contributed by atoms with van der Waals surface area (Å²) in [5, 5.41) is 0. The first-order chi connectivity index (χ1) is 16.3. The van der Waals surface area contributed by atoms with Crippen molar-refractivity contribution in [3.05, 3.63) is 82.5 Å². The molecule has 0 saturated heterocycles. The molecule has 182 valence electrons. The highest BCUT2D eigenvalue weighted by atomic mass is 16.5. The number of benzene rings is 2. The molecule has 0 spiro atoms. The third-order valence-electron chi connectivity index (χ3n) is 6.56. The summed E-state index contributed by atoms with van der Waals surface area (Å²) >= 11 is 0. The molecule has 1 unspecified atom stereocenters. The Bertz CT molecular complexity index is 1050. The normalized spacial score (nSPS) is 12.6. The molecule has 0 bridgehead atoms. The number of ether oxygens (including phenoxy) is 1. The largest absolute Gasteiger partial charge is 0.491 e. The summed E-state index contributed by atoms with van der Waals surface area (Å²) in [6.45, 7) is 16.1. The smallest absolute Gasteiger partial charge is 0.128 e. The molecule has 0 radical (unpaired) electrons. The number of aromatic nitrogens is 1. The Balaban J connectivity index is 2.07. The van der Waals surface area contributed by atoms with Crippen molar-refractivity contribution in [2.45, 2.75) is 80.0 Å². The van der Waals surface area contributed by atoms with Crippen LogP contribution in [0.15, 0.2) is 54.6 Å². The molecule has 1 heterocycles. The van der Waals surface area contributed by atoms with Crippen molar-refractivity contribution in [3.8, 4) is 17.0 Å². The highest BCUT2D eigenvalue weighted by Gasteiger charge is 2.24. The van der Waals surface area contributed by atoms with E-state index in [1.165, 1.54) is 27.8 Å². The van der Waals surface area contributed by atoms with E-state index in [2.05, 4.69) is 115 Å². The van der Waals surface area contributed by atoms with E-state index in [1.807, 2.05) is 0 Å². The van der Waals surface area contributed by atoms with Gasteiger partial charge in [0, 0.05) is 35.5 Å². The minimum atomic E-state index is 0.0980. The minimum absolute atomic E-state index is 0.0980. The van der Waals surface area contributed by atoms with Gasteiger partial charge in [-0.3, -0.25) is 9.88 Å². The van der Waals surface area contributed by atoms with Crippen LogP contribution in [0.5, 0.6) is 5.75 Å². The molecule has 0 aliphatic carbocycles. The molecule has 34 heavy (non-hydrogen) atoms. The highest BCUT2D eigenvalue weighted by molar-refractivity contribution is 5.70. The molecule has 1 aromatic heterocycles. The second kappa shape index (κ2) is 11.7. The lowest BCUT2D eigenvalue weighted by Gasteiger charge is -2.33. The summed E-state index contributed by atoms with van der Waals surface area (Å²) in [5.41, 5.74) is 8.55. The number of nitrogens with zero attached hydrogens (tertiary/aromatic N) is 2. The maximum Gasteiger partial charge on any atom is 0.128 e. The van der Waals surface area contributed by atoms with E-state index in [1.54, 1.807) is 0 Å². The summed E-state index contributed by atoms with van der Waals surface area (Å²) in [4.78, 5) is 7.59. The van der Waals surface area contributed by atoms with Gasteiger partial charge in [-0.05, 0) is 63.3 Å². The standard InChI is InChI=1S/C31H42N2O/c1-9-24-17-14-18-25(10-2)30(24)28-19-29(34-22(5)6)27(23(7)32-28)20-33(8)31(21(3)4)26-15-12-11-13-16-26/h11-19,21-22,31H,9-10,20H2,1-8H3. The molecular formula is C31H42N2O. The fraction of sp³-hybridized carbons (Fsp3) is 0.452. The molecule has 0 aliphatic rings. The molecule has 3 heteroatoms. The van der Waals surface area contributed by atoms with Crippen LogP contribution in [0.2, 0.25) is 0 Å². The van der Waals surface area contributed by atoms with E-state index in [0.29, 0.717) is 12.0 Å². The summed E-state index contributed by atoms with van der Waals surface area (Å²) < 4.78 is 6.42. The Hall–Kier alpha value is -2.65. The van der Waals surface area contributed by atoms with Gasteiger partial charge >= 0.3 is 0 Å². The van der Waals surface area contributed by atoms with E-state index >= 15 is 0 Å². The third-order valence-corrected chi connectivity index (χ3v) is 6.56. The SMILES string of the molecule is CCc1cccc(CC)c1-c1cc(OC(C)C)c(CN(C)C(c2ccccc2)C(C)C)c(C)n1. The van der Waals surface area contributed by atoms with Gasteiger partial charge in [0.05, 0.1) is 11.8 Å². The van der Waals surface area contributed by atoms with Crippen LogP contribution in [-0.2, 0) is 19.4 Å². The summed E-state index contributed by atoms with van der Waals surface area (Å²) in [6, 6.07) is 19.9. The van der Waals surface area contributed by atoms with Crippen LogP contribution in [-0.4, -0.2) is 23.0 Å². The minimum Gasteiger partial charge on any atom is -0.491 e. The van der Waals surface area contributed by atoms with Gasteiger partial charge in [0.25, 0.3) is 0 Å². The van der Waals surface area contributed by atoms with Crippen molar-refractivity contribution < 1.29 is 4.74 Å². The molecular weight excluding hydrogens is 416 g/mol. The molecule has 3 nitrogen and oxygen atoms in total. The number of rotatable bonds is 10. The zero-order valence-corrected chi connectivity index (χ0v) is 22.4. The van der Waals surface area contributed by atoms with Gasteiger partial charge in [-0.15, -0.1) is 0 Å². The third kappa shape index (κ3) is 5.88. The summed E-state index contributed by atoms with van der Waals surface area (Å²) in [5.74, 6) is 1.44. The number of aryl methyl sites for hydroxylation is 3. The van der Waals surface area contributed by atoms with Crippen LogP contribution < -0.4 is 4.74 Å². The van der Waals surface area contributed by atoms with Crippen LogP contribution in [0, 0.1) is 12.8 Å². The van der Waals surface area contributed by atoms with Crippen LogP contribution >= 0.6 is 0 Å². The molecule has 3 rings (SSSR count). The zero-order chi connectivity index (χ0) is 24.8. The lowest BCUT2D eigenvalue weighted by atomic mass is 9.93. The van der Waals surface area contributed by atoms with E-state index in [9.17, 15) is 0 Å². The molecule has 0 aliphatic heterocycles. The Morgan fingerprint density at radius 2 is 1.50 bits per heavy atom. The van der Waals surface area contributed by atoms with Gasteiger partial charge in [0.1, 0.15) is 5.75 Å². The zero-order valence-electron chi connectivity index (χ0n) is 22.4. The molecule has 2 aromatic carbocycles. The van der Waals surface area contributed by atoms with E-state index in [-0.39, 0.29) is 6.10 Å². The van der Waals surface area contributed by atoms with Crippen molar-refractivity contribution in [1.29, 1.82) is 0 Å². The molecule has 0 fully saturated rings. The second-order valence-electron chi connectivity index (χ2n) is 9.91. The van der Waals surface area contributed by atoms with Gasteiger partial charge in [0.15, 0.2) is 0 Å². The first-order valence-electron chi connectivity index (χ1n) is 12.8. The fourth-order valence-corrected chi connectivity index (χ4v) is 5.07. The molecule has 1 atom stereocenters. The Morgan fingerprint density at radius 1 is 0.882 bits per heavy atom. The van der Waals surface area contributed by atoms with Crippen molar-refractivity contribution in [1.82, 2.24) is 9.88 Å². The van der Waals surface area contributed by atoms with Crippen molar-refractivity contribution in [3.63, 3.8) is 0 Å². The van der Waals surface area contributed by atoms with Gasteiger partial charge in [-0.25, -0.2) is 0 Å². The van der Waals surface area contributed by atoms with Crippen molar-refractivity contribution >= 4 is 0 Å². The first kappa shape index (κ1) is 26.0. The molecule has 0 N–H and O–H groups in total. The highest BCUT2D eigenvalue weighted by Crippen LogP contribution is 2.36. The van der Waals surface area contributed by atoms with Crippen LogP contribution in [0.1, 0.15) is 75.5 Å². The quantitative estimate of drug-likeness (QED) is 0.310. The van der Waals surface area contributed by atoms with E-state index in [0.717, 1.165) is 36.5 Å². The average Bonchev–Trinajstić information content (AvgIpc) is 2.80. The van der Waals surface area contributed by atoms with Crippen LogP contribution in [0.4, 0.5) is 0 Å². The maximum atomic E-state index is 6.42. The van der Waals surface area contributed by atoms with Crippen LogP contribution in [0.25, 0.3) is 11.3 Å². The predicted molar refractivity (Wildman–Crippen MR) is 144 cm³/mol. The Morgan fingerprint density at radius 3 is 2.03 bits per heavy atom. The maximum absolute atomic E-state index is 6.42. The fourth-order valence-electron chi connectivity index (χ4n) is 5.07. The van der Waals surface area contributed by atoms with Crippen molar-refractivity contribution in [2.75, 3.05) is 7.05 Å². The molecule has 0 saturated carbocycles. The van der Waals surface area contributed by atoms with E-state index in [4.69, 9.17) is 9.72 Å². The summed E-state index contributed by atoms with van der Waals surface area (Å²) in [6.07, 6.45) is 2.07. The monoisotopic (exact) mass is 458 g/mol. The molecule has 0 amide bonds. The Labute approximate surface area is 207 Å². The number of hydrogen-bond donors (Lipinski definition) is 0. The van der Waals surface area contributed by atoms with Gasteiger partial charge in [-0.1, -0.05) is 76.2 Å². The number of pyridine rings is 1. The first-order valence-corrected chi connectivity index (χ1v) is 12.8. The van der Waals surface area contributed by atoms with Gasteiger partial charge < -0.3 is 4.74 Å². The molecule has 3 aromatic rings. The lowest BCUT2D eigenvalue weighted by molar-refractivity contribution is 0.178. The lowest BCUT2D eigenvalue weighted by Crippen LogP contribution is -2.29. The second-order valence-corrected chi connectivity index (χ2v) is 9.91. The topological polar surface area (TPSA) is 25.4 Å². The van der Waals surface area contributed by atoms with Gasteiger partial charge in [0.2, 0.25) is 0 Å². The van der Waals surface area contributed by atoms with Gasteiger partial charge in [-0.2, -0.15) is 0 Å².